The van der Waals surface area contributed by atoms with Crippen LogP contribution in [-0.4, -0.2) is 38.8 Å². The first-order valence-electron chi connectivity index (χ1n) is 10.8. The average molecular weight is 404 g/mol. The number of nitrogens with zero attached hydrogens (tertiary/aromatic N) is 2. The van der Waals surface area contributed by atoms with E-state index in [0.717, 1.165) is 54.9 Å². The monoisotopic (exact) mass is 403 g/mol. The van der Waals surface area contributed by atoms with Gasteiger partial charge >= 0.3 is 0 Å². The van der Waals surface area contributed by atoms with Gasteiger partial charge in [-0.15, -0.1) is 0 Å². The third-order valence-electron chi connectivity index (χ3n) is 6.50. The van der Waals surface area contributed by atoms with Crippen molar-refractivity contribution in [3.8, 4) is 11.5 Å². The Morgan fingerprint density at radius 2 is 1.83 bits per heavy atom. The quantitative estimate of drug-likeness (QED) is 0.652. The topological polar surface area (TPSA) is 46.6 Å². The number of ether oxygens (including phenoxy) is 2. The van der Waals surface area contributed by atoms with E-state index < -0.39 is 0 Å². The number of benzene rings is 2. The Kier molecular flexibility index (Phi) is 4.89. The van der Waals surface area contributed by atoms with Crippen LogP contribution in [0.4, 0.5) is 11.4 Å². The zero-order valence-corrected chi connectivity index (χ0v) is 18.0. The van der Waals surface area contributed by atoms with Crippen LogP contribution in [0.15, 0.2) is 36.4 Å². The molecule has 3 aromatic rings. The minimum absolute atomic E-state index is 0.644. The predicted octanol–water partition coefficient (Wildman–Crippen LogP) is 4.60. The Balaban J connectivity index is 1.38. The number of hydrogen-bond donors (Lipinski definition) is 1. The van der Waals surface area contributed by atoms with Gasteiger partial charge in [-0.1, -0.05) is 18.2 Å². The molecule has 1 fully saturated rings. The van der Waals surface area contributed by atoms with E-state index in [1.54, 1.807) is 14.2 Å². The smallest absolute Gasteiger partial charge is 0.162 e. The Morgan fingerprint density at radius 3 is 2.60 bits per heavy atom. The zero-order valence-electron chi connectivity index (χ0n) is 18.0. The van der Waals surface area contributed by atoms with Crippen LogP contribution in [0.3, 0.4) is 0 Å². The van der Waals surface area contributed by atoms with Gasteiger partial charge in [-0.05, 0) is 49.4 Å². The van der Waals surface area contributed by atoms with Crippen molar-refractivity contribution in [2.45, 2.75) is 26.2 Å². The van der Waals surface area contributed by atoms with Crippen molar-refractivity contribution < 1.29 is 9.47 Å². The molecule has 1 aliphatic carbocycles. The van der Waals surface area contributed by atoms with Gasteiger partial charge in [-0.3, -0.25) is 4.98 Å². The number of nitrogens with one attached hydrogen (secondary N) is 1. The molecular formula is C25H29N3O2. The number of hydrogen-bond acceptors (Lipinski definition) is 5. The first kappa shape index (κ1) is 19.0. The highest BCUT2D eigenvalue weighted by molar-refractivity contribution is 5.96. The molecule has 0 bridgehead atoms. The molecule has 1 saturated heterocycles. The van der Waals surface area contributed by atoms with Gasteiger partial charge in [0.25, 0.3) is 0 Å². The van der Waals surface area contributed by atoms with Crippen molar-refractivity contribution in [3.63, 3.8) is 0 Å². The Labute approximate surface area is 178 Å². The highest BCUT2D eigenvalue weighted by Gasteiger charge is 2.28. The second kappa shape index (κ2) is 7.71. The van der Waals surface area contributed by atoms with Gasteiger partial charge < -0.3 is 19.7 Å². The lowest BCUT2D eigenvalue weighted by atomic mass is 9.97. The van der Waals surface area contributed by atoms with E-state index in [-0.39, 0.29) is 0 Å². The standard InChI is InChI=1S/C25H29N3O2/c1-16-7-4-5-10-22(16)28-14-17(15-28)13-26-25-18-8-6-9-20(18)27-21-12-24(30-3)23(29-2)11-19(21)25/h4-5,7,10-12,17H,6,8-9,13-15H2,1-3H3,(H,26,27). The fourth-order valence-corrected chi connectivity index (χ4v) is 4.85. The van der Waals surface area contributed by atoms with Gasteiger partial charge in [0.05, 0.1) is 19.7 Å². The summed E-state index contributed by atoms with van der Waals surface area (Å²) in [5, 5.41) is 4.93. The van der Waals surface area contributed by atoms with Crippen molar-refractivity contribution in [2.24, 2.45) is 5.92 Å². The molecule has 2 aliphatic rings. The van der Waals surface area contributed by atoms with E-state index in [4.69, 9.17) is 14.5 Å². The lowest BCUT2D eigenvalue weighted by molar-refractivity contribution is 0.356. The minimum atomic E-state index is 0.644. The van der Waals surface area contributed by atoms with E-state index in [9.17, 15) is 0 Å². The van der Waals surface area contributed by atoms with Gasteiger partial charge in [0.1, 0.15) is 0 Å². The number of aromatic nitrogens is 1. The number of anilines is 2. The minimum Gasteiger partial charge on any atom is -0.493 e. The number of methoxy groups -OCH3 is 2. The van der Waals surface area contributed by atoms with Crippen LogP contribution in [0.1, 0.15) is 23.2 Å². The van der Waals surface area contributed by atoms with Gasteiger partial charge in [0, 0.05) is 54.1 Å². The van der Waals surface area contributed by atoms with Crippen molar-refractivity contribution in [2.75, 3.05) is 44.1 Å². The number of aryl methyl sites for hydroxylation is 2. The predicted molar refractivity (Wildman–Crippen MR) is 122 cm³/mol. The van der Waals surface area contributed by atoms with E-state index >= 15 is 0 Å². The molecule has 1 aliphatic heterocycles. The summed E-state index contributed by atoms with van der Waals surface area (Å²) < 4.78 is 11.1. The summed E-state index contributed by atoms with van der Waals surface area (Å²) in [6.07, 6.45) is 3.32. The molecule has 1 aromatic heterocycles. The molecule has 5 rings (SSSR count). The van der Waals surface area contributed by atoms with E-state index in [0.29, 0.717) is 5.92 Å². The molecule has 1 N–H and O–H groups in total. The van der Waals surface area contributed by atoms with Crippen LogP contribution in [0.2, 0.25) is 0 Å². The normalized spacial score (nSPS) is 15.8. The SMILES string of the molecule is COc1cc2nc3c(c(NCC4CN(c5ccccc5C)C4)c2cc1OC)CCC3. The van der Waals surface area contributed by atoms with Crippen LogP contribution >= 0.6 is 0 Å². The number of rotatable bonds is 6. The first-order valence-corrected chi connectivity index (χ1v) is 10.8. The maximum atomic E-state index is 5.56. The summed E-state index contributed by atoms with van der Waals surface area (Å²) in [4.78, 5) is 7.42. The molecule has 0 atom stereocenters. The third-order valence-corrected chi connectivity index (χ3v) is 6.50. The summed E-state index contributed by atoms with van der Waals surface area (Å²) >= 11 is 0. The van der Waals surface area contributed by atoms with Gasteiger partial charge in [-0.25, -0.2) is 0 Å². The maximum absolute atomic E-state index is 5.56. The summed E-state index contributed by atoms with van der Waals surface area (Å²) in [5.41, 5.74) is 7.54. The third kappa shape index (κ3) is 3.22. The average Bonchev–Trinajstić information content (AvgIpc) is 3.20. The zero-order chi connectivity index (χ0) is 20.7. The second-order valence-corrected chi connectivity index (χ2v) is 8.43. The molecule has 156 valence electrons. The highest BCUT2D eigenvalue weighted by Crippen LogP contribution is 2.40. The Morgan fingerprint density at radius 1 is 1.07 bits per heavy atom. The van der Waals surface area contributed by atoms with Crippen LogP contribution in [-0.2, 0) is 12.8 Å². The maximum Gasteiger partial charge on any atom is 0.162 e. The Bertz CT molecular complexity index is 1090. The van der Waals surface area contributed by atoms with Gasteiger partial charge in [0.15, 0.2) is 11.5 Å². The molecule has 30 heavy (non-hydrogen) atoms. The molecule has 2 heterocycles. The molecule has 0 radical (unpaired) electrons. The van der Waals surface area contributed by atoms with Gasteiger partial charge in [-0.2, -0.15) is 0 Å². The number of fused-ring (bicyclic) bond motifs is 2. The number of para-hydroxylation sites is 1. The van der Waals surface area contributed by atoms with Crippen LogP contribution in [0, 0.1) is 12.8 Å². The summed E-state index contributed by atoms with van der Waals surface area (Å²) in [6, 6.07) is 12.7. The fourth-order valence-electron chi connectivity index (χ4n) is 4.85. The van der Waals surface area contributed by atoms with Crippen LogP contribution < -0.4 is 19.7 Å². The largest absolute Gasteiger partial charge is 0.493 e. The highest BCUT2D eigenvalue weighted by atomic mass is 16.5. The second-order valence-electron chi connectivity index (χ2n) is 8.43. The van der Waals surface area contributed by atoms with Crippen molar-refractivity contribution in [1.29, 1.82) is 0 Å². The first-order chi connectivity index (χ1) is 14.7. The lowest BCUT2D eigenvalue weighted by Gasteiger charge is -2.42. The Hall–Kier alpha value is -2.95. The van der Waals surface area contributed by atoms with E-state index in [1.165, 1.54) is 34.6 Å². The molecule has 0 saturated carbocycles. The number of pyridine rings is 1. The van der Waals surface area contributed by atoms with E-state index in [2.05, 4.69) is 47.5 Å². The molecule has 2 aromatic carbocycles. The molecule has 0 spiro atoms. The molecule has 5 heteroatoms. The molecule has 5 nitrogen and oxygen atoms in total. The van der Waals surface area contributed by atoms with E-state index in [1.807, 2.05) is 6.07 Å². The van der Waals surface area contributed by atoms with Gasteiger partial charge in [0.2, 0.25) is 0 Å². The summed E-state index contributed by atoms with van der Waals surface area (Å²) in [5.74, 6) is 2.13. The van der Waals surface area contributed by atoms with Crippen LogP contribution in [0.25, 0.3) is 10.9 Å². The van der Waals surface area contributed by atoms with Crippen molar-refractivity contribution >= 4 is 22.3 Å². The van der Waals surface area contributed by atoms with Crippen molar-refractivity contribution in [3.05, 3.63) is 53.2 Å². The van der Waals surface area contributed by atoms with Crippen LogP contribution in [0.5, 0.6) is 11.5 Å². The fraction of sp³-hybridized carbons (Fsp3) is 0.400. The van der Waals surface area contributed by atoms with Crippen molar-refractivity contribution in [1.82, 2.24) is 4.98 Å². The lowest BCUT2D eigenvalue weighted by Crippen LogP contribution is -2.50. The summed E-state index contributed by atoms with van der Waals surface area (Å²) in [6.45, 7) is 5.36. The molecule has 0 unspecified atom stereocenters. The summed E-state index contributed by atoms with van der Waals surface area (Å²) in [7, 11) is 3.36. The molecular weight excluding hydrogens is 374 g/mol. The molecule has 0 amide bonds.